The molecule has 2 aromatic rings. The molecular formula is C8H2BrCl2FN2. The quantitative estimate of drug-likeness (QED) is 0.545. The molecule has 1 aromatic heterocycles. The minimum atomic E-state index is -0.405. The average Bonchev–Trinajstić information content (AvgIpc) is 2.07. The summed E-state index contributed by atoms with van der Waals surface area (Å²) in [5.74, 6) is -0.405. The molecule has 0 bridgehead atoms. The Hall–Kier alpha value is -0.450. The van der Waals surface area contributed by atoms with Crippen LogP contribution < -0.4 is 0 Å². The SMILES string of the molecule is Fc1cc(Br)c2nc(Cl)nc(Cl)c2c1. The van der Waals surface area contributed by atoms with Gasteiger partial charge in [-0.1, -0.05) is 11.6 Å². The molecule has 1 aromatic carbocycles. The van der Waals surface area contributed by atoms with Crippen molar-refractivity contribution in [3.63, 3.8) is 0 Å². The number of benzene rings is 1. The van der Waals surface area contributed by atoms with Crippen molar-refractivity contribution in [1.82, 2.24) is 9.97 Å². The molecule has 0 unspecified atom stereocenters. The van der Waals surface area contributed by atoms with Gasteiger partial charge in [0.1, 0.15) is 11.0 Å². The van der Waals surface area contributed by atoms with Gasteiger partial charge in [0.25, 0.3) is 0 Å². The molecule has 0 aliphatic heterocycles. The molecule has 0 spiro atoms. The summed E-state index contributed by atoms with van der Waals surface area (Å²) >= 11 is 14.6. The summed E-state index contributed by atoms with van der Waals surface area (Å²) in [4.78, 5) is 7.65. The number of fused-ring (bicyclic) bond motifs is 1. The lowest BCUT2D eigenvalue weighted by molar-refractivity contribution is 0.628. The van der Waals surface area contributed by atoms with Crippen molar-refractivity contribution in [2.45, 2.75) is 0 Å². The van der Waals surface area contributed by atoms with Gasteiger partial charge in [-0.3, -0.25) is 0 Å². The van der Waals surface area contributed by atoms with Crippen molar-refractivity contribution >= 4 is 50.0 Å². The molecule has 0 fully saturated rings. The lowest BCUT2D eigenvalue weighted by atomic mass is 10.2. The van der Waals surface area contributed by atoms with Gasteiger partial charge in [-0.25, -0.2) is 14.4 Å². The van der Waals surface area contributed by atoms with E-state index >= 15 is 0 Å². The van der Waals surface area contributed by atoms with Gasteiger partial charge in [0.2, 0.25) is 5.28 Å². The molecule has 2 nitrogen and oxygen atoms in total. The van der Waals surface area contributed by atoms with Gasteiger partial charge in [-0.05, 0) is 39.7 Å². The second kappa shape index (κ2) is 3.61. The minimum Gasteiger partial charge on any atom is -0.217 e. The highest BCUT2D eigenvalue weighted by Gasteiger charge is 2.09. The van der Waals surface area contributed by atoms with E-state index in [0.717, 1.165) is 0 Å². The van der Waals surface area contributed by atoms with E-state index in [1.807, 2.05) is 0 Å². The van der Waals surface area contributed by atoms with Crippen LogP contribution >= 0.6 is 39.1 Å². The Labute approximate surface area is 97.2 Å². The van der Waals surface area contributed by atoms with Crippen LogP contribution in [0.2, 0.25) is 10.4 Å². The molecule has 1 heterocycles. The maximum absolute atomic E-state index is 13.0. The molecular weight excluding hydrogens is 294 g/mol. The third-order valence-electron chi connectivity index (χ3n) is 1.64. The zero-order chi connectivity index (χ0) is 10.3. The van der Waals surface area contributed by atoms with Crippen LogP contribution in [0.4, 0.5) is 4.39 Å². The van der Waals surface area contributed by atoms with Crippen LogP contribution in [0, 0.1) is 5.82 Å². The molecule has 0 saturated heterocycles. The smallest absolute Gasteiger partial charge is 0.217 e. The predicted molar refractivity (Wildman–Crippen MR) is 57.2 cm³/mol. The largest absolute Gasteiger partial charge is 0.224 e. The fourth-order valence-corrected chi connectivity index (χ4v) is 2.05. The maximum Gasteiger partial charge on any atom is 0.224 e. The van der Waals surface area contributed by atoms with Crippen LogP contribution in [0.15, 0.2) is 16.6 Å². The van der Waals surface area contributed by atoms with Crippen molar-refractivity contribution in [2.75, 3.05) is 0 Å². The summed E-state index contributed by atoms with van der Waals surface area (Å²) < 4.78 is 13.5. The molecule has 0 N–H and O–H groups in total. The molecule has 2 rings (SSSR count). The van der Waals surface area contributed by atoms with Crippen LogP contribution in [0.25, 0.3) is 10.9 Å². The molecule has 6 heteroatoms. The maximum atomic E-state index is 13.0. The first kappa shape index (κ1) is 10.1. The van der Waals surface area contributed by atoms with Crippen LogP contribution in [0.3, 0.4) is 0 Å². The molecule has 0 atom stereocenters. The van der Waals surface area contributed by atoms with E-state index in [2.05, 4.69) is 25.9 Å². The first-order valence-corrected chi connectivity index (χ1v) is 5.10. The highest BCUT2D eigenvalue weighted by Crippen LogP contribution is 2.28. The van der Waals surface area contributed by atoms with Gasteiger partial charge in [0.05, 0.1) is 5.52 Å². The average molecular weight is 296 g/mol. The zero-order valence-electron chi connectivity index (χ0n) is 6.56. The number of hydrogen-bond donors (Lipinski definition) is 0. The monoisotopic (exact) mass is 294 g/mol. The van der Waals surface area contributed by atoms with Crippen molar-refractivity contribution in [1.29, 1.82) is 0 Å². The molecule has 0 radical (unpaired) electrons. The van der Waals surface area contributed by atoms with E-state index in [1.165, 1.54) is 12.1 Å². The number of hydrogen-bond acceptors (Lipinski definition) is 2. The summed E-state index contributed by atoms with van der Waals surface area (Å²) in [6.07, 6.45) is 0. The summed E-state index contributed by atoms with van der Waals surface area (Å²) in [7, 11) is 0. The van der Waals surface area contributed by atoms with E-state index in [9.17, 15) is 4.39 Å². The van der Waals surface area contributed by atoms with Gasteiger partial charge in [-0.15, -0.1) is 0 Å². The Morgan fingerprint density at radius 1 is 1.21 bits per heavy atom. The number of halogens is 4. The molecule has 0 saturated carbocycles. The lowest BCUT2D eigenvalue weighted by Crippen LogP contribution is -1.89. The second-order valence-corrected chi connectivity index (χ2v) is 4.12. The van der Waals surface area contributed by atoms with E-state index in [4.69, 9.17) is 23.2 Å². The van der Waals surface area contributed by atoms with Gasteiger partial charge in [-0.2, -0.15) is 0 Å². The van der Waals surface area contributed by atoms with Crippen molar-refractivity contribution < 1.29 is 4.39 Å². The second-order valence-electron chi connectivity index (χ2n) is 2.57. The van der Waals surface area contributed by atoms with Crippen molar-refractivity contribution in [3.05, 3.63) is 32.9 Å². The minimum absolute atomic E-state index is 0.0369. The van der Waals surface area contributed by atoms with Crippen LogP contribution in [-0.4, -0.2) is 9.97 Å². The number of aromatic nitrogens is 2. The van der Waals surface area contributed by atoms with E-state index in [-0.39, 0.29) is 10.4 Å². The van der Waals surface area contributed by atoms with Gasteiger partial charge in [0.15, 0.2) is 0 Å². The van der Waals surface area contributed by atoms with Crippen molar-refractivity contribution in [3.8, 4) is 0 Å². The van der Waals surface area contributed by atoms with E-state index in [1.54, 1.807) is 0 Å². The highest BCUT2D eigenvalue weighted by atomic mass is 79.9. The van der Waals surface area contributed by atoms with E-state index < -0.39 is 5.82 Å². The van der Waals surface area contributed by atoms with Gasteiger partial charge in [0, 0.05) is 9.86 Å². The normalized spacial score (nSPS) is 10.9. The lowest BCUT2D eigenvalue weighted by Gasteiger charge is -2.02. The van der Waals surface area contributed by atoms with Crippen LogP contribution in [0.5, 0.6) is 0 Å². The summed E-state index contributed by atoms with van der Waals surface area (Å²) in [5, 5.41) is 0.609. The van der Waals surface area contributed by atoms with Crippen LogP contribution in [0.1, 0.15) is 0 Å². The predicted octanol–water partition coefficient (Wildman–Crippen LogP) is 3.84. The third kappa shape index (κ3) is 1.69. The summed E-state index contributed by atoms with van der Waals surface area (Å²) in [6, 6.07) is 2.56. The number of nitrogens with zero attached hydrogens (tertiary/aromatic N) is 2. The zero-order valence-corrected chi connectivity index (χ0v) is 9.66. The Bertz CT molecular complexity index is 471. The number of rotatable bonds is 0. The Balaban J connectivity index is 2.94. The molecule has 72 valence electrons. The van der Waals surface area contributed by atoms with Gasteiger partial charge >= 0.3 is 0 Å². The summed E-state index contributed by atoms with van der Waals surface area (Å²) in [6.45, 7) is 0. The Morgan fingerprint density at radius 2 is 1.93 bits per heavy atom. The third-order valence-corrected chi connectivity index (χ3v) is 2.71. The summed E-state index contributed by atoms with van der Waals surface area (Å²) in [5.41, 5.74) is 0.497. The standard InChI is InChI=1S/C8H2BrCl2FN2/c9-5-2-3(12)1-4-6(5)13-8(11)14-7(4)10/h1-2H. The fraction of sp³-hybridized carbons (Fsp3) is 0. The topological polar surface area (TPSA) is 25.8 Å². The molecule has 0 aliphatic carbocycles. The first-order chi connectivity index (χ1) is 6.58. The Morgan fingerprint density at radius 3 is 2.64 bits per heavy atom. The van der Waals surface area contributed by atoms with Gasteiger partial charge < -0.3 is 0 Å². The Kier molecular flexibility index (Phi) is 2.60. The molecule has 0 amide bonds. The molecule has 0 aliphatic rings. The van der Waals surface area contributed by atoms with Crippen LogP contribution in [-0.2, 0) is 0 Å². The first-order valence-electron chi connectivity index (χ1n) is 3.56. The van der Waals surface area contributed by atoms with Crippen molar-refractivity contribution in [2.24, 2.45) is 0 Å². The highest BCUT2D eigenvalue weighted by molar-refractivity contribution is 9.10. The fourth-order valence-electron chi connectivity index (χ4n) is 1.10. The molecule has 14 heavy (non-hydrogen) atoms. The van der Waals surface area contributed by atoms with E-state index in [0.29, 0.717) is 15.4 Å².